The van der Waals surface area contributed by atoms with E-state index < -0.39 is 25.6 Å². The minimum Gasteiger partial charge on any atom is -0.463 e. The summed E-state index contributed by atoms with van der Waals surface area (Å²) in [4.78, 5) is 0. The van der Waals surface area contributed by atoms with Crippen molar-refractivity contribution in [3.63, 3.8) is 0 Å². The van der Waals surface area contributed by atoms with E-state index in [0.717, 1.165) is 38.8 Å². The van der Waals surface area contributed by atoms with Gasteiger partial charge >= 0.3 is 52.3 Å². The van der Waals surface area contributed by atoms with Gasteiger partial charge in [-0.25, -0.2) is 0 Å². The zero-order chi connectivity index (χ0) is 37.5. The SMILES string of the molecule is Cc1ccc(-c2ccc3nnc(I)n3c2)cc1.Cc1ccc(-c2ccc3nnc(OCC(F)(F)F)n3c2)cc1.OCC(F)(F)F.[2H][Cu][I].[CH2-]F. The average Bonchev–Trinajstić information content (AvgIpc) is 3.68. The maximum Gasteiger partial charge on any atom is -0.183 e. The number of aliphatic hydroxyl groups is 1. The van der Waals surface area contributed by atoms with Crippen LogP contribution in [0, 0.1) is 24.9 Å². The largest absolute Gasteiger partial charge is 0.463 e. The Kier molecular flexibility index (Phi) is 16.4. The van der Waals surface area contributed by atoms with Gasteiger partial charge in [-0.15, -0.1) is 15.3 Å². The van der Waals surface area contributed by atoms with E-state index in [9.17, 15) is 30.7 Å². The van der Waals surface area contributed by atoms with Gasteiger partial charge in [0.2, 0.25) is 0 Å². The standard InChI is InChI=1S/C15H12F3N3O.C13H10IN3.C2H3F3O.CH2F.Cu.HI.H/c1-10-2-4-11(5-3-10)12-6-7-13-19-20-14(21(13)8-12)22-9-15(16,17)18;1-9-2-4-10(5-3-9)11-6-7-12-15-16-13(14)17(12)8-11;3-2(4,5)1-6;1-2;;;/h2-8H,9H2,1H3;2-8H,1H3;6H,1H2;1H2;;1H;/q;;;-1;+1;;/p-1/i;;;;;;1+1. The Bertz CT molecular complexity index is 1890. The van der Waals surface area contributed by atoms with Crippen molar-refractivity contribution in [2.75, 3.05) is 13.2 Å². The van der Waals surface area contributed by atoms with Gasteiger partial charge in [0.25, 0.3) is 0 Å². The minimum absolute atomic E-state index is 0.179. The first-order valence-corrected chi connectivity index (χ1v) is 17.6. The van der Waals surface area contributed by atoms with Crippen molar-refractivity contribution in [1.82, 2.24) is 29.2 Å². The third-order valence-corrected chi connectivity index (χ3v) is 6.78. The predicted molar refractivity (Wildman–Crippen MR) is 186 cm³/mol. The zero-order valence-electron chi connectivity index (χ0n) is 26.4. The molecular formula is C31H28CuF7I2N6O2-. The fourth-order valence-electron chi connectivity index (χ4n) is 3.81. The van der Waals surface area contributed by atoms with Crippen LogP contribution in [-0.4, -0.2) is 60.8 Å². The first-order valence-electron chi connectivity index (χ1n) is 13.8. The molecule has 6 aromatic rings. The summed E-state index contributed by atoms with van der Waals surface area (Å²) < 4.78 is 92.7. The zero-order valence-corrected chi connectivity index (χ0v) is 30.7. The number of pyridine rings is 2. The molecule has 1 N–H and O–H groups in total. The number of nitrogens with zero attached hydrogens (tertiary/aromatic N) is 6. The van der Waals surface area contributed by atoms with Crippen molar-refractivity contribution in [2.24, 2.45) is 0 Å². The van der Waals surface area contributed by atoms with Gasteiger partial charge in [0, 0.05) is 35.0 Å². The number of ether oxygens (including phenoxy) is 1. The van der Waals surface area contributed by atoms with E-state index in [-0.39, 0.29) is 6.01 Å². The van der Waals surface area contributed by atoms with Crippen molar-refractivity contribution in [1.29, 1.82) is 0.954 Å². The molecule has 18 heteroatoms. The van der Waals surface area contributed by atoms with Gasteiger partial charge in [0.1, 0.15) is 6.61 Å². The van der Waals surface area contributed by atoms with Crippen LogP contribution in [-0.2, 0) is 12.6 Å². The minimum atomic E-state index is -4.42. The van der Waals surface area contributed by atoms with Crippen LogP contribution >= 0.6 is 42.9 Å². The van der Waals surface area contributed by atoms with E-state index >= 15 is 0 Å². The molecule has 0 spiro atoms. The third-order valence-electron chi connectivity index (χ3n) is 6.05. The van der Waals surface area contributed by atoms with Crippen LogP contribution in [0.3, 0.4) is 0 Å². The van der Waals surface area contributed by atoms with E-state index in [1.54, 1.807) is 19.4 Å². The van der Waals surface area contributed by atoms with Crippen LogP contribution in [0.15, 0.2) is 85.2 Å². The molecule has 0 bridgehead atoms. The topological polar surface area (TPSA) is 89.8 Å². The summed E-state index contributed by atoms with van der Waals surface area (Å²) in [6.45, 7) is 0.946. The van der Waals surface area contributed by atoms with Gasteiger partial charge in [-0.1, -0.05) is 64.8 Å². The summed E-state index contributed by atoms with van der Waals surface area (Å²) >= 11 is 5.08. The Balaban J connectivity index is 0.000000274. The molecule has 0 unspecified atom stereocenters. The number of fused-ring (bicyclic) bond motifs is 2. The number of rotatable bonds is 4. The molecule has 49 heavy (non-hydrogen) atoms. The molecule has 0 atom stereocenters. The van der Waals surface area contributed by atoms with E-state index in [0.29, 0.717) is 5.65 Å². The number of hydrogen-bond donors (Lipinski definition) is 1. The summed E-state index contributed by atoms with van der Waals surface area (Å²) in [6, 6.07) is 23.7. The Morgan fingerprint density at radius 3 is 1.53 bits per heavy atom. The monoisotopic (exact) mass is 967 g/mol. The first kappa shape index (κ1) is 40.4. The maximum atomic E-state index is 12.2. The molecule has 0 aliphatic rings. The van der Waals surface area contributed by atoms with Gasteiger partial charge in [0.05, 0.1) is 0 Å². The summed E-state index contributed by atoms with van der Waals surface area (Å²) in [5, 5.41) is 22.8. The summed E-state index contributed by atoms with van der Waals surface area (Å²) in [6.07, 6.45) is -5.09. The summed E-state index contributed by atoms with van der Waals surface area (Å²) in [7, 11) is 1.75. The Labute approximate surface area is 310 Å². The molecule has 269 valence electrons. The Morgan fingerprint density at radius 1 is 0.714 bits per heavy atom. The summed E-state index contributed by atoms with van der Waals surface area (Å²) in [5.41, 5.74) is 7.87. The second-order valence-corrected chi connectivity index (χ2v) is 10.6. The van der Waals surface area contributed by atoms with E-state index in [1.807, 2.05) is 68.1 Å². The van der Waals surface area contributed by atoms with Gasteiger partial charge in [-0.2, -0.15) is 33.5 Å². The smallest absolute Gasteiger partial charge is 0.183 e. The number of aliphatic hydroxyl groups excluding tert-OH is 1. The van der Waals surface area contributed by atoms with Crippen LogP contribution in [0.2, 0.25) is 0 Å². The predicted octanol–water partition coefficient (Wildman–Crippen LogP) is 8.86. The van der Waals surface area contributed by atoms with E-state index in [1.165, 1.54) is 21.1 Å². The van der Waals surface area contributed by atoms with E-state index in [4.69, 9.17) is 10.8 Å². The third kappa shape index (κ3) is 13.6. The molecular weight excluding hydrogens is 939 g/mol. The van der Waals surface area contributed by atoms with Gasteiger partial charge in [-0.05, 0) is 60.4 Å². The molecule has 0 aliphatic heterocycles. The van der Waals surface area contributed by atoms with Crippen LogP contribution < -0.4 is 4.74 Å². The van der Waals surface area contributed by atoms with Crippen molar-refractivity contribution in [3.8, 4) is 28.3 Å². The van der Waals surface area contributed by atoms with Gasteiger partial charge in [-0.3, -0.25) is 8.80 Å². The van der Waals surface area contributed by atoms with Gasteiger partial charge in [0.15, 0.2) is 21.7 Å². The van der Waals surface area contributed by atoms with Crippen LogP contribution in [0.5, 0.6) is 6.01 Å². The van der Waals surface area contributed by atoms with Crippen molar-refractivity contribution < 1.29 is 53.2 Å². The second kappa shape index (κ2) is 19.9. The Morgan fingerprint density at radius 2 is 1.10 bits per heavy atom. The number of aromatic nitrogens is 6. The normalized spacial score (nSPS) is 11.2. The van der Waals surface area contributed by atoms with Crippen molar-refractivity contribution in [3.05, 3.63) is 107 Å². The fraction of sp³-hybridized carbons (Fsp3) is 0.194. The second-order valence-electron chi connectivity index (χ2n) is 9.65. The molecule has 0 amide bonds. The molecule has 0 radical (unpaired) electrons. The van der Waals surface area contributed by atoms with Crippen LogP contribution in [0.1, 0.15) is 11.1 Å². The number of halogens is 9. The average molecular weight is 968 g/mol. The molecule has 6 rings (SSSR count). The molecule has 2 aromatic carbocycles. The number of hydrogen-bond acceptors (Lipinski definition) is 6. The first-order chi connectivity index (χ1) is 23.6. The molecule has 0 fully saturated rings. The van der Waals surface area contributed by atoms with Crippen molar-refractivity contribution >= 4 is 54.2 Å². The fourth-order valence-corrected chi connectivity index (χ4v) is 4.31. The molecule has 4 aromatic heterocycles. The van der Waals surface area contributed by atoms with Crippen LogP contribution in [0.4, 0.5) is 30.7 Å². The van der Waals surface area contributed by atoms with Crippen molar-refractivity contribution in [2.45, 2.75) is 26.2 Å². The maximum absolute atomic E-state index is 12.2. The molecule has 0 saturated carbocycles. The number of alkyl halides is 6. The summed E-state index contributed by atoms with van der Waals surface area (Å²) in [5.74, 6) is 0. The van der Waals surface area contributed by atoms with E-state index in [2.05, 4.69) is 86.4 Å². The quantitative estimate of drug-likeness (QED) is 0.0823. The van der Waals surface area contributed by atoms with Gasteiger partial charge < -0.3 is 14.2 Å². The molecule has 0 aliphatic carbocycles. The number of aryl methyl sites for hydroxylation is 2. The molecule has 8 nitrogen and oxygen atoms in total. The molecule has 0 saturated heterocycles. The number of benzene rings is 2. The van der Waals surface area contributed by atoms with Crippen LogP contribution in [0.25, 0.3) is 33.5 Å². The Hall–Kier alpha value is -3.07. The molecule has 4 heterocycles.